The van der Waals surface area contributed by atoms with Gasteiger partial charge in [-0.3, -0.25) is 0 Å². The molecule has 0 aliphatic carbocycles. The van der Waals surface area contributed by atoms with Crippen LogP contribution in [0.25, 0.3) is 11.4 Å². The van der Waals surface area contributed by atoms with E-state index in [0.717, 1.165) is 25.9 Å². The highest BCUT2D eigenvalue weighted by Gasteiger charge is 2.34. The molecule has 0 atom stereocenters. The molecule has 6 heteroatoms. The lowest BCUT2D eigenvalue weighted by Gasteiger charge is -2.30. The molecule has 1 fully saturated rings. The van der Waals surface area contributed by atoms with E-state index in [1.807, 2.05) is 0 Å². The van der Waals surface area contributed by atoms with Crippen molar-refractivity contribution in [2.75, 3.05) is 13.1 Å². The molecule has 0 spiro atoms. The Kier molecular flexibility index (Phi) is 3.48. The Morgan fingerprint density at radius 2 is 2.10 bits per heavy atom. The Morgan fingerprint density at radius 1 is 1.35 bits per heavy atom. The molecule has 1 aromatic carbocycles. The third-order valence-electron chi connectivity index (χ3n) is 3.82. The average molecular weight is 296 g/mol. The molecule has 1 aliphatic heterocycles. The summed E-state index contributed by atoms with van der Waals surface area (Å²) in [5.74, 6) is 0.645. The fraction of sp³-hybridized carbons (Fsp3) is 0.429. The molecular weight excluding hydrogens is 281 g/mol. The summed E-state index contributed by atoms with van der Waals surface area (Å²) >= 11 is 6.02. The fourth-order valence-corrected chi connectivity index (χ4v) is 2.69. The van der Waals surface area contributed by atoms with Crippen molar-refractivity contribution in [1.82, 2.24) is 15.5 Å². The molecule has 106 valence electrons. The molecule has 1 saturated heterocycles. The second-order valence-electron chi connectivity index (χ2n) is 5.36. The number of halogens is 2. The van der Waals surface area contributed by atoms with Crippen molar-refractivity contribution >= 4 is 11.6 Å². The molecule has 4 nitrogen and oxygen atoms in total. The summed E-state index contributed by atoms with van der Waals surface area (Å²) < 4.78 is 18.5. The minimum absolute atomic E-state index is 0.108. The second kappa shape index (κ2) is 5.14. The van der Waals surface area contributed by atoms with Crippen molar-refractivity contribution < 1.29 is 8.91 Å². The number of aromatic nitrogens is 2. The van der Waals surface area contributed by atoms with Gasteiger partial charge in [-0.1, -0.05) is 23.7 Å². The van der Waals surface area contributed by atoms with Gasteiger partial charge in [-0.15, -0.1) is 0 Å². The summed E-state index contributed by atoms with van der Waals surface area (Å²) in [6.07, 6.45) is 1.90. The highest BCUT2D eigenvalue weighted by atomic mass is 35.5. The molecule has 20 heavy (non-hydrogen) atoms. The maximum absolute atomic E-state index is 13.1. The molecule has 0 saturated carbocycles. The largest absolute Gasteiger partial charge is 0.338 e. The van der Waals surface area contributed by atoms with Crippen LogP contribution in [0.3, 0.4) is 0 Å². The van der Waals surface area contributed by atoms with Crippen molar-refractivity contribution in [1.29, 1.82) is 0 Å². The molecule has 3 rings (SSSR count). The number of nitrogens with zero attached hydrogens (tertiary/aromatic N) is 2. The van der Waals surface area contributed by atoms with Crippen LogP contribution in [0, 0.1) is 5.82 Å². The van der Waals surface area contributed by atoms with Crippen LogP contribution >= 0.6 is 11.6 Å². The van der Waals surface area contributed by atoms with Gasteiger partial charge < -0.3 is 9.84 Å². The Balaban J connectivity index is 1.93. The Hall–Kier alpha value is -1.46. The summed E-state index contributed by atoms with van der Waals surface area (Å²) in [6.45, 7) is 3.99. The van der Waals surface area contributed by atoms with Crippen LogP contribution in [0.15, 0.2) is 22.7 Å². The molecule has 1 N–H and O–H groups in total. The predicted octanol–water partition coefficient (Wildman–Crippen LogP) is 3.17. The van der Waals surface area contributed by atoms with Gasteiger partial charge in [0.1, 0.15) is 5.82 Å². The fourth-order valence-electron chi connectivity index (χ4n) is 2.44. The van der Waals surface area contributed by atoms with E-state index in [-0.39, 0.29) is 16.3 Å². The lowest BCUT2D eigenvalue weighted by molar-refractivity contribution is 0.241. The highest BCUT2D eigenvalue weighted by Crippen LogP contribution is 2.34. The van der Waals surface area contributed by atoms with E-state index in [2.05, 4.69) is 22.4 Å². The molecule has 1 aromatic heterocycles. The zero-order valence-electron chi connectivity index (χ0n) is 11.1. The van der Waals surface area contributed by atoms with Gasteiger partial charge in [0.25, 0.3) is 0 Å². The monoisotopic (exact) mass is 295 g/mol. The molecule has 1 aliphatic rings. The van der Waals surface area contributed by atoms with E-state index >= 15 is 0 Å². The minimum atomic E-state index is -0.382. The molecule has 0 unspecified atom stereocenters. The molecule has 0 amide bonds. The van der Waals surface area contributed by atoms with Gasteiger partial charge in [-0.05, 0) is 44.1 Å². The van der Waals surface area contributed by atoms with E-state index in [1.54, 1.807) is 6.07 Å². The Morgan fingerprint density at radius 3 is 2.80 bits per heavy atom. The first-order valence-corrected chi connectivity index (χ1v) is 6.97. The molecular formula is C14H15ClFN3O. The normalized spacial score (nSPS) is 18.1. The standard InChI is InChI=1S/C14H15ClFN3O/c1-14(4-6-17-7-5-14)13-18-12(19-20-13)10-3-2-9(16)8-11(10)15/h2-3,8,17H,4-7H2,1H3. The zero-order valence-corrected chi connectivity index (χ0v) is 11.9. The Labute approximate surface area is 121 Å². The van der Waals surface area contributed by atoms with E-state index in [4.69, 9.17) is 16.1 Å². The van der Waals surface area contributed by atoms with Crippen molar-refractivity contribution in [2.24, 2.45) is 0 Å². The molecule has 2 heterocycles. The second-order valence-corrected chi connectivity index (χ2v) is 5.77. The van der Waals surface area contributed by atoms with Crippen LogP contribution in [-0.4, -0.2) is 23.2 Å². The van der Waals surface area contributed by atoms with Gasteiger partial charge in [-0.2, -0.15) is 4.98 Å². The summed E-state index contributed by atoms with van der Waals surface area (Å²) in [6, 6.07) is 4.15. The smallest absolute Gasteiger partial charge is 0.232 e. The first kappa shape index (κ1) is 13.5. The van der Waals surface area contributed by atoms with Crippen molar-refractivity contribution in [3.05, 3.63) is 34.9 Å². The average Bonchev–Trinajstić information content (AvgIpc) is 2.90. The van der Waals surface area contributed by atoms with Crippen LogP contribution in [0.5, 0.6) is 0 Å². The highest BCUT2D eigenvalue weighted by molar-refractivity contribution is 6.33. The van der Waals surface area contributed by atoms with Gasteiger partial charge in [0.2, 0.25) is 11.7 Å². The first-order valence-electron chi connectivity index (χ1n) is 6.59. The van der Waals surface area contributed by atoms with Crippen molar-refractivity contribution in [2.45, 2.75) is 25.2 Å². The van der Waals surface area contributed by atoms with Gasteiger partial charge in [-0.25, -0.2) is 4.39 Å². The summed E-state index contributed by atoms with van der Waals surface area (Å²) in [7, 11) is 0. The maximum Gasteiger partial charge on any atom is 0.232 e. The van der Waals surface area contributed by atoms with Crippen LogP contribution < -0.4 is 5.32 Å². The minimum Gasteiger partial charge on any atom is -0.338 e. The number of hydrogen-bond donors (Lipinski definition) is 1. The van der Waals surface area contributed by atoms with Gasteiger partial charge in [0, 0.05) is 11.0 Å². The Bertz CT molecular complexity index is 623. The molecule has 2 aromatic rings. The van der Waals surface area contributed by atoms with E-state index < -0.39 is 0 Å². The lowest BCUT2D eigenvalue weighted by atomic mass is 9.81. The zero-order chi connectivity index (χ0) is 14.2. The molecule has 0 radical (unpaired) electrons. The number of hydrogen-bond acceptors (Lipinski definition) is 4. The van der Waals surface area contributed by atoms with Crippen molar-refractivity contribution in [3.63, 3.8) is 0 Å². The summed E-state index contributed by atoms with van der Waals surface area (Å²) in [5, 5.41) is 7.58. The third kappa shape index (κ3) is 2.43. The SMILES string of the molecule is CC1(c2nc(-c3ccc(F)cc3Cl)no2)CCNCC1. The topological polar surface area (TPSA) is 51.0 Å². The van der Waals surface area contributed by atoms with E-state index in [9.17, 15) is 4.39 Å². The van der Waals surface area contributed by atoms with Crippen LogP contribution in [0.1, 0.15) is 25.7 Å². The first-order chi connectivity index (χ1) is 9.58. The van der Waals surface area contributed by atoms with Crippen LogP contribution in [0.4, 0.5) is 4.39 Å². The van der Waals surface area contributed by atoms with Crippen LogP contribution in [-0.2, 0) is 5.41 Å². The summed E-state index contributed by atoms with van der Waals surface area (Å²) in [4.78, 5) is 4.45. The number of rotatable bonds is 2. The maximum atomic E-state index is 13.1. The number of piperidine rings is 1. The van der Waals surface area contributed by atoms with Crippen LogP contribution in [0.2, 0.25) is 5.02 Å². The van der Waals surface area contributed by atoms with E-state index in [1.165, 1.54) is 12.1 Å². The number of nitrogens with one attached hydrogen (secondary N) is 1. The third-order valence-corrected chi connectivity index (χ3v) is 4.13. The van der Waals surface area contributed by atoms with Gasteiger partial charge in [0.05, 0.1) is 5.02 Å². The predicted molar refractivity (Wildman–Crippen MR) is 74.2 cm³/mol. The molecule has 0 bridgehead atoms. The lowest BCUT2D eigenvalue weighted by Crippen LogP contribution is -2.37. The van der Waals surface area contributed by atoms with Crippen molar-refractivity contribution in [3.8, 4) is 11.4 Å². The van der Waals surface area contributed by atoms with Gasteiger partial charge in [0.15, 0.2) is 0 Å². The quantitative estimate of drug-likeness (QED) is 0.924. The summed E-state index contributed by atoms with van der Waals surface area (Å²) in [5.41, 5.74) is 0.476. The van der Waals surface area contributed by atoms with E-state index in [0.29, 0.717) is 17.3 Å². The van der Waals surface area contributed by atoms with Gasteiger partial charge >= 0.3 is 0 Å². The number of benzene rings is 1.